The monoisotopic (exact) mass is 370 g/mol. The first-order valence-electron chi connectivity index (χ1n) is 7.75. The van der Waals surface area contributed by atoms with Gasteiger partial charge in [0.05, 0.1) is 13.2 Å². The van der Waals surface area contributed by atoms with Crippen molar-refractivity contribution in [3.63, 3.8) is 0 Å². The van der Waals surface area contributed by atoms with Gasteiger partial charge in [0, 0.05) is 20.2 Å². The lowest BCUT2D eigenvalue weighted by atomic mass is 10.2. The summed E-state index contributed by atoms with van der Waals surface area (Å²) < 4.78 is 16.2. The molecule has 1 aromatic rings. The first-order valence-corrected chi connectivity index (χ1v) is 7.75. The minimum atomic E-state index is -1.82. The van der Waals surface area contributed by atoms with E-state index in [9.17, 15) is 4.79 Å². The van der Waals surface area contributed by atoms with Crippen molar-refractivity contribution >= 4 is 17.8 Å². The van der Waals surface area contributed by atoms with E-state index in [4.69, 9.17) is 34.0 Å². The fourth-order valence-electron chi connectivity index (χ4n) is 1.87. The average molecular weight is 370 g/mol. The van der Waals surface area contributed by atoms with E-state index in [0.29, 0.717) is 26.3 Å². The highest BCUT2D eigenvalue weighted by atomic mass is 16.6. The van der Waals surface area contributed by atoms with Gasteiger partial charge in [-0.1, -0.05) is 12.1 Å². The van der Waals surface area contributed by atoms with Gasteiger partial charge in [0.1, 0.15) is 12.7 Å². The van der Waals surface area contributed by atoms with Crippen LogP contribution in [0.2, 0.25) is 0 Å². The Morgan fingerprint density at radius 2 is 1.85 bits per heavy atom. The number of benzene rings is 1. The first-order chi connectivity index (χ1) is 12.4. The molecule has 0 bridgehead atoms. The largest absolute Gasteiger partial charge is 0.486 e. The number of rotatable bonds is 7. The summed E-state index contributed by atoms with van der Waals surface area (Å²) in [5.41, 5.74) is 0. The summed E-state index contributed by atoms with van der Waals surface area (Å²) in [7, 11) is 1.60. The molecule has 0 fully saturated rings. The number of carbonyl (C=O) groups is 3. The van der Waals surface area contributed by atoms with Crippen molar-refractivity contribution in [2.24, 2.45) is 0 Å². The predicted octanol–water partition coefficient (Wildman–Crippen LogP) is -0.666. The van der Waals surface area contributed by atoms with E-state index in [1.807, 2.05) is 24.3 Å². The molecule has 0 saturated carbocycles. The van der Waals surface area contributed by atoms with Crippen LogP contribution in [0.25, 0.3) is 0 Å². The second-order valence-corrected chi connectivity index (χ2v) is 5.08. The molecule has 1 unspecified atom stereocenters. The maximum absolute atomic E-state index is 11.5. The Bertz CT molecular complexity index is 596. The Balaban J connectivity index is 0.000000487. The second kappa shape index (κ2) is 11.7. The van der Waals surface area contributed by atoms with Crippen LogP contribution in [-0.2, 0) is 19.1 Å². The minimum Gasteiger partial charge on any atom is -0.486 e. The normalized spacial score (nSPS) is 14.6. The molecule has 1 aromatic carbocycles. The molecule has 1 aliphatic rings. The van der Waals surface area contributed by atoms with Gasteiger partial charge in [-0.25, -0.2) is 9.59 Å². The van der Waals surface area contributed by atoms with Gasteiger partial charge in [0.2, 0.25) is 5.91 Å². The van der Waals surface area contributed by atoms with Gasteiger partial charge in [-0.15, -0.1) is 0 Å². The summed E-state index contributed by atoms with van der Waals surface area (Å²) in [6, 6.07) is 7.56. The number of ether oxygens (including phenoxy) is 3. The van der Waals surface area contributed by atoms with Crippen molar-refractivity contribution in [3.05, 3.63) is 24.3 Å². The highest BCUT2D eigenvalue weighted by Gasteiger charge is 2.20. The van der Waals surface area contributed by atoms with E-state index in [1.54, 1.807) is 7.11 Å². The Morgan fingerprint density at radius 1 is 1.19 bits per heavy atom. The van der Waals surface area contributed by atoms with E-state index in [2.05, 4.69) is 10.6 Å². The first kappa shape index (κ1) is 21.2. The van der Waals surface area contributed by atoms with E-state index >= 15 is 0 Å². The van der Waals surface area contributed by atoms with Crippen LogP contribution in [0.3, 0.4) is 0 Å². The van der Waals surface area contributed by atoms with Crippen molar-refractivity contribution < 1.29 is 38.8 Å². The molecule has 1 atom stereocenters. The number of carboxylic acids is 2. The standard InChI is InChI=1S/C14H20N2O4.C2H2O4/c1-18-7-6-16-14(17)9-15-8-11-10-19-12-4-2-3-5-13(12)20-11;3-1(4)2(5)6/h2-5,11,15H,6-10H2,1H3,(H,16,17);(H,3,4)(H,5,6). The van der Waals surface area contributed by atoms with Gasteiger partial charge in [0.25, 0.3) is 0 Å². The molecular weight excluding hydrogens is 348 g/mol. The molecule has 0 saturated heterocycles. The molecule has 10 heteroatoms. The smallest absolute Gasteiger partial charge is 0.414 e. The lowest BCUT2D eigenvalue weighted by Crippen LogP contribution is -2.42. The van der Waals surface area contributed by atoms with Crippen LogP contribution in [0.1, 0.15) is 0 Å². The summed E-state index contributed by atoms with van der Waals surface area (Å²) in [6.45, 7) is 2.34. The number of carbonyl (C=O) groups excluding carboxylic acids is 1. The van der Waals surface area contributed by atoms with Crippen LogP contribution in [-0.4, -0.2) is 74.1 Å². The van der Waals surface area contributed by atoms with Crippen LogP contribution >= 0.6 is 0 Å². The van der Waals surface area contributed by atoms with Crippen molar-refractivity contribution in [1.82, 2.24) is 10.6 Å². The Kier molecular flexibility index (Phi) is 9.50. The molecule has 144 valence electrons. The third-order valence-electron chi connectivity index (χ3n) is 3.04. The van der Waals surface area contributed by atoms with Crippen LogP contribution < -0.4 is 20.1 Å². The zero-order valence-corrected chi connectivity index (χ0v) is 14.3. The van der Waals surface area contributed by atoms with Crippen molar-refractivity contribution in [1.29, 1.82) is 0 Å². The molecule has 26 heavy (non-hydrogen) atoms. The zero-order valence-electron chi connectivity index (χ0n) is 14.3. The SMILES string of the molecule is COCCNC(=O)CNCC1COc2ccccc2O1.O=C(O)C(=O)O. The lowest BCUT2D eigenvalue weighted by molar-refractivity contribution is -0.159. The summed E-state index contributed by atoms with van der Waals surface area (Å²) in [5.74, 6) is -2.19. The van der Waals surface area contributed by atoms with E-state index in [0.717, 1.165) is 11.5 Å². The molecule has 0 radical (unpaired) electrons. The maximum Gasteiger partial charge on any atom is 0.414 e. The fraction of sp³-hybridized carbons (Fsp3) is 0.438. The highest BCUT2D eigenvalue weighted by molar-refractivity contribution is 6.27. The number of aliphatic carboxylic acids is 2. The molecular formula is C16H22N2O8. The molecule has 4 N–H and O–H groups in total. The molecule has 0 aliphatic carbocycles. The Morgan fingerprint density at radius 3 is 2.46 bits per heavy atom. The van der Waals surface area contributed by atoms with Crippen LogP contribution in [0.15, 0.2) is 24.3 Å². The van der Waals surface area contributed by atoms with Gasteiger partial charge in [0.15, 0.2) is 11.5 Å². The molecule has 1 aliphatic heterocycles. The molecule has 2 rings (SSSR count). The summed E-state index contributed by atoms with van der Waals surface area (Å²) in [6.07, 6.45) is -0.0864. The Hall–Kier alpha value is -2.85. The number of nitrogens with one attached hydrogen (secondary N) is 2. The van der Waals surface area contributed by atoms with E-state index in [1.165, 1.54) is 0 Å². The van der Waals surface area contributed by atoms with Gasteiger partial charge in [-0.05, 0) is 12.1 Å². The van der Waals surface area contributed by atoms with Crippen LogP contribution in [0, 0.1) is 0 Å². The summed E-state index contributed by atoms with van der Waals surface area (Å²) in [5, 5.41) is 20.6. The van der Waals surface area contributed by atoms with Gasteiger partial charge in [-0.2, -0.15) is 0 Å². The summed E-state index contributed by atoms with van der Waals surface area (Å²) in [4.78, 5) is 29.7. The van der Waals surface area contributed by atoms with E-state index < -0.39 is 11.9 Å². The number of para-hydroxylation sites is 2. The number of carboxylic acid groups (broad SMARTS) is 2. The molecule has 10 nitrogen and oxygen atoms in total. The third kappa shape index (κ3) is 8.31. The number of methoxy groups -OCH3 is 1. The fourth-order valence-corrected chi connectivity index (χ4v) is 1.87. The van der Waals surface area contributed by atoms with E-state index in [-0.39, 0.29) is 18.6 Å². The topological polar surface area (TPSA) is 143 Å². The Labute approximate surface area is 150 Å². The molecule has 1 heterocycles. The van der Waals surface area contributed by atoms with Gasteiger partial charge < -0.3 is 35.1 Å². The van der Waals surface area contributed by atoms with Crippen LogP contribution in [0.4, 0.5) is 0 Å². The predicted molar refractivity (Wildman–Crippen MR) is 89.4 cm³/mol. The van der Waals surface area contributed by atoms with Gasteiger partial charge >= 0.3 is 11.9 Å². The zero-order chi connectivity index (χ0) is 19.4. The number of hydrogen-bond acceptors (Lipinski definition) is 7. The number of fused-ring (bicyclic) bond motifs is 1. The quantitative estimate of drug-likeness (QED) is 0.363. The lowest BCUT2D eigenvalue weighted by Gasteiger charge is -2.26. The molecule has 0 spiro atoms. The second-order valence-electron chi connectivity index (χ2n) is 5.08. The highest BCUT2D eigenvalue weighted by Crippen LogP contribution is 2.30. The third-order valence-corrected chi connectivity index (χ3v) is 3.04. The van der Waals surface area contributed by atoms with Crippen molar-refractivity contribution in [2.75, 3.05) is 40.0 Å². The number of hydrogen-bond donors (Lipinski definition) is 4. The maximum atomic E-state index is 11.5. The number of amides is 1. The van der Waals surface area contributed by atoms with Crippen LogP contribution in [0.5, 0.6) is 11.5 Å². The average Bonchev–Trinajstić information content (AvgIpc) is 2.62. The molecule has 0 aromatic heterocycles. The van der Waals surface area contributed by atoms with Crippen molar-refractivity contribution in [3.8, 4) is 11.5 Å². The van der Waals surface area contributed by atoms with Gasteiger partial charge in [-0.3, -0.25) is 4.79 Å². The van der Waals surface area contributed by atoms with Crippen molar-refractivity contribution in [2.45, 2.75) is 6.10 Å². The molecule has 1 amide bonds. The summed E-state index contributed by atoms with van der Waals surface area (Å²) >= 11 is 0. The minimum absolute atomic E-state index is 0.0563.